The quantitative estimate of drug-likeness (QED) is 0.131. The molecule has 0 saturated heterocycles. The van der Waals surface area contributed by atoms with Gasteiger partial charge in [0.15, 0.2) is 0 Å². The molecule has 3 aromatic rings. The van der Waals surface area contributed by atoms with Gasteiger partial charge in [0.05, 0.1) is 7.14 Å². The van der Waals surface area contributed by atoms with Crippen LogP contribution in [0.15, 0.2) is 72.8 Å². The van der Waals surface area contributed by atoms with E-state index in [1.165, 1.54) is 0 Å². The van der Waals surface area contributed by atoms with E-state index in [9.17, 15) is 20.2 Å². The Balaban J connectivity index is 0.000000973. The fourth-order valence-corrected chi connectivity index (χ4v) is 9.87. The Morgan fingerprint density at radius 2 is 0.692 bits per heavy atom. The molecule has 0 heterocycles. The Labute approximate surface area is 349 Å². The number of rotatable bonds is 12. The van der Waals surface area contributed by atoms with Crippen molar-refractivity contribution in [3.05, 3.63) is 105 Å². The van der Waals surface area contributed by atoms with Gasteiger partial charge in [-0.2, -0.15) is 0 Å². The summed E-state index contributed by atoms with van der Waals surface area (Å²) in [4.78, 5) is 2.19. The van der Waals surface area contributed by atoms with Gasteiger partial charge in [-0.25, -0.2) is 0 Å². The average molecular weight is 866 g/mol. The van der Waals surface area contributed by atoms with Crippen LogP contribution in [0.4, 0.5) is 17.1 Å². The van der Waals surface area contributed by atoms with Crippen molar-refractivity contribution >= 4 is 24.2 Å². The predicted octanol–water partition coefficient (Wildman–Crippen LogP) is 11.8. The van der Waals surface area contributed by atoms with Gasteiger partial charge in [0.2, 0.25) is 0 Å². The van der Waals surface area contributed by atoms with Gasteiger partial charge in [0.25, 0.3) is 0 Å². The summed E-state index contributed by atoms with van der Waals surface area (Å²) >= 11 is 0. The molecule has 0 fully saturated rings. The molecule has 0 N–H and O–H groups in total. The van der Waals surface area contributed by atoms with E-state index in [1.54, 1.807) is 0 Å². The van der Waals surface area contributed by atoms with Crippen LogP contribution in [-0.2, 0) is 24.2 Å². The molecule has 3 rings (SSSR count). The second kappa shape index (κ2) is 19.9. The van der Waals surface area contributed by atoms with Crippen LogP contribution in [0.1, 0.15) is 121 Å². The molecule has 0 spiro atoms. The number of para-hydroxylation sites is 3. The molecule has 0 aliphatic rings. The van der Waals surface area contributed by atoms with Crippen LogP contribution in [0.3, 0.4) is 0 Å². The molecule has 0 aliphatic heterocycles. The third kappa shape index (κ3) is 13.1. The fourth-order valence-electron chi connectivity index (χ4n) is 6.29. The van der Waals surface area contributed by atoms with E-state index in [-0.39, 0.29) is 40.8 Å². The second-order valence-electron chi connectivity index (χ2n) is 17.5. The number of hydrogen-bond acceptors (Lipinski definition) is 8. The molecule has 1 radical (unpaired) electrons. The zero-order valence-electron chi connectivity index (χ0n) is 34.7. The molecule has 0 aromatic heterocycles. The van der Waals surface area contributed by atoms with Gasteiger partial charge >= 0.3 is 40.8 Å². The number of nitrogens with zero attached hydrogens (tertiary/aromatic N) is 4. The maximum Gasteiger partial charge on any atom is 3.00 e. The number of hydrogen-bond donors (Lipinski definition) is 0. The average Bonchev–Trinajstić information content (AvgIpc) is 3.02. The normalized spacial score (nSPS) is 12.5. The Bertz CT molecular complexity index is 1390. The minimum absolute atomic E-state index is 0. The third-order valence-electron chi connectivity index (χ3n) is 9.06. The van der Waals surface area contributed by atoms with Gasteiger partial charge in [-0.3, -0.25) is 4.90 Å². The van der Waals surface area contributed by atoms with Gasteiger partial charge in [-0.15, -0.1) is 0 Å². The molecule has 52 heavy (non-hydrogen) atoms. The zero-order valence-corrected chi connectivity index (χ0v) is 38.8. The van der Waals surface area contributed by atoms with Crippen molar-refractivity contribution in [3.63, 3.8) is 0 Å². The van der Waals surface area contributed by atoms with Crippen molar-refractivity contribution in [2.24, 2.45) is 0 Å². The molecule has 0 amide bonds. The molecule has 0 bridgehead atoms. The van der Waals surface area contributed by atoms with E-state index in [2.05, 4.69) is 46.4 Å². The molecule has 10 heteroatoms. The Kier molecular flexibility index (Phi) is 18.5. The molecule has 0 saturated carbocycles. The number of anilines is 3. The van der Waals surface area contributed by atoms with Crippen LogP contribution in [0, 0.1) is 56.5 Å². The maximum absolute atomic E-state index is 13.3. The monoisotopic (exact) mass is 863 g/mol. The Morgan fingerprint density at radius 1 is 0.481 bits per heavy atom. The molecular formula is C42H66N4NdO4P. The molecule has 8 nitrogen and oxygen atoms in total. The first kappa shape index (κ1) is 48.5. The second-order valence-corrected chi connectivity index (χ2v) is 22.1. The first-order chi connectivity index (χ1) is 23.3. The van der Waals surface area contributed by atoms with E-state index in [0.717, 1.165) is 31.9 Å². The first-order valence-electron chi connectivity index (χ1n) is 18.3. The van der Waals surface area contributed by atoms with Gasteiger partial charge in [-0.05, 0) is 97.2 Å². The summed E-state index contributed by atoms with van der Waals surface area (Å²) in [5, 5.41) is 43.1. The summed E-state index contributed by atoms with van der Waals surface area (Å²) in [5.41, 5.74) is 3.67. The Morgan fingerprint density at radius 3 is 0.865 bits per heavy atom. The van der Waals surface area contributed by atoms with Crippen molar-refractivity contribution in [2.75, 3.05) is 15.2 Å². The first-order valence-corrected chi connectivity index (χ1v) is 20.2. The molecule has 0 aliphatic carbocycles. The topological polar surface area (TPSA) is 99.2 Å². The summed E-state index contributed by atoms with van der Waals surface area (Å²) in [6, 6.07) is 22.9. The van der Waals surface area contributed by atoms with Crippen LogP contribution in [0.2, 0.25) is 0 Å². The maximum atomic E-state index is 13.3. The molecular weight excluding hydrogens is 800 g/mol. The minimum Gasteiger partial charge on any atom is -0.758 e. The molecule has 0 atom stereocenters. The third-order valence-corrected chi connectivity index (χ3v) is 13.9. The minimum atomic E-state index is -1.94. The van der Waals surface area contributed by atoms with E-state index in [0.29, 0.717) is 53.7 Å². The fraction of sp³-hybridized carbons (Fsp3) is 0.571. The van der Waals surface area contributed by atoms with Crippen LogP contribution in [-0.4, -0.2) is 38.5 Å². The van der Waals surface area contributed by atoms with Crippen molar-refractivity contribution < 1.29 is 45.4 Å². The molecule has 0 unspecified atom stereocenters. The molecule has 287 valence electrons. The summed E-state index contributed by atoms with van der Waals surface area (Å²) in [6.45, 7) is 30.8. The van der Waals surface area contributed by atoms with Gasteiger partial charge in [0, 0.05) is 70.3 Å². The Hall–Kier alpha value is -1.52. The summed E-state index contributed by atoms with van der Waals surface area (Å²) < 4.78 is 12.3. The van der Waals surface area contributed by atoms with Gasteiger partial charge < -0.3 is 35.4 Å². The van der Waals surface area contributed by atoms with Crippen molar-refractivity contribution in [2.45, 2.75) is 157 Å². The van der Waals surface area contributed by atoms with E-state index in [1.807, 2.05) is 135 Å². The van der Waals surface area contributed by atoms with Crippen LogP contribution in [0.5, 0.6) is 0 Å². The van der Waals surface area contributed by atoms with Gasteiger partial charge in [-0.1, -0.05) is 96.1 Å². The van der Waals surface area contributed by atoms with Crippen LogP contribution >= 0.6 is 7.14 Å². The van der Waals surface area contributed by atoms with Crippen molar-refractivity contribution in [1.29, 1.82) is 0 Å². The molecule has 3 aromatic carbocycles. The largest absolute Gasteiger partial charge is 3.00 e. The SMILES string of the molecule is CC(C)(C)N([O-])c1ccccc1CN(Cc1ccccc1N([O-])C(C)(C)C)Cc1ccccc1N([O-])C(C)(C)C.CC(C)P(=O)(C(C)C)C(C)C.[Nd+3]. The summed E-state index contributed by atoms with van der Waals surface area (Å²) in [5.74, 6) is 0. The van der Waals surface area contributed by atoms with E-state index in [4.69, 9.17) is 0 Å². The smallest absolute Gasteiger partial charge is 0.758 e. The summed E-state index contributed by atoms with van der Waals surface area (Å²) in [6.07, 6.45) is 0. The van der Waals surface area contributed by atoms with Crippen LogP contribution < -0.4 is 15.2 Å². The van der Waals surface area contributed by atoms with E-state index < -0.39 is 23.8 Å². The van der Waals surface area contributed by atoms with Gasteiger partial charge in [0.1, 0.15) is 0 Å². The van der Waals surface area contributed by atoms with Crippen molar-refractivity contribution in [1.82, 2.24) is 4.90 Å². The number of hydroxylamine groups is 3. The number of benzene rings is 3. The van der Waals surface area contributed by atoms with Crippen LogP contribution in [0.25, 0.3) is 0 Å². The predicted molar refractivity (Wildman–Crippen MR) is 222 cm³/mol. The standard InChI is InChI=1S/C33H45N4O3.C9H21OP.Nd/c1-31(2,3)35(38)28-19-13-10-16-25(28)22-34(23-26-17-11-14-20-29(26)36(39)32(4,5)6)24-27-18-12-15-21-30(27)37(40)33(7,8)9;1-7(2)11(10,8(3)4)9(5)6;/h10-21H,22-24H2,1-9H3;7-9H,1-6H3;/q-3;;+3. The zero-order chi connectivity index (χ0) is 39.1. The van der Waals surface area contributed by atoms with Crippen molar-refractivity contribution in [3.8, 4) is 0 Å². The van der Waals surface area contributed by atoms with E-state index >= 15 is 0 Å². The summed E-state index contributed by atoms with van der Waals surface area (Å²) in [7, 11) is -1.94.